The van der Waals surface area contributed by atoms with Gasteiger partial charge in [0.15, 0.2) is 5.69 Å². The highest BCUT2D eigenvalue weighted by molar-refractivity contribution is 5.96. The second-order valence-electron chi connectivity index (χ2n) is 5.61. The van der Waals surface area contributed by atoms with Gasteiger partial charge in [0.05, 0.1) is 6.10 Å². The number of carbonyl (C=O) groups excluding carboxylic acids is 1. The Balaban J connectivity index is 2.45. The van der Waals surface area contributed by atoms with Gasteiger partial charge < -0.3 is 15.4 Å². The highest BCUT2D eigenvalue weighted by Crippen LogP contribution is 2.28. The summed E-state index contributed by atoms with van der Waals surface area (Å²) in [5, 5.41) is 10.3. The third-order valence-electron chi connectivity index (χ3n) is 2.96. The van der Waals surface area contributed by atoms with Gasteiger partial charge in [-0.15, -0.1) is 0 Å². The molecule has 0 fully saturated rings. The summed E-state index contributed by atoms with van der Waals surface area (Å²) in [5.41, 5.74) is 7.68. The van der Waals surface area contributed by atoms with Gasteiger partial charge in [-0.2, -0.15) is 15.4 Å². The summed E-state index contributed by atoms with van der Waals surface area (Å²) in [6.07, 6.45) is 0.0833. The van der Waals surface area contributed by atoms with E-state index in [0.717, 1.165) is 16.9 Å². The zero-order chi connectivity index (χ0) is 16.3. The molecule has 0 bridgehead atoms. The SMILES string of the molecule is CC(C)Oc1ccc(-c2n[nH]nc2C(N)=O)cc1CN(C)C. The number of hydrogen-bond donors (Lipinski definition) is 2. The smallest absolute Gasteiger partial charge is 0.271 e. The van der Waals surface area contributed by atoms with E-state index >= 15 is 0 Å². The zero-order valence-electron chi connectivity index (χ0n) is 13.3. The Bertz CT molecular complexity index is 664. The maximum atomic E-state index is 11.4. The molecule has 1 amide bonds. The predicted octanol–water partition coefficient (Wildman–Crippen LogP) is 1.42. The normalized spacial score (nSPS) is 11.2. The second kappa shape index (κ2) is 6.57. The van der Waals surface area contributed by atoms with E-state index in [1.54, 1.807) is 0 Å². The van der Waals surface area contributed by atoms with Gasteiger partial charge >= 0.3 is 0 Å². The fourth-order valence-corrected chi connectivity index (χ4v) is 2.16. The number of hydrogen-bond acceptors (Lipinski definition) is 5. The van der Waals surface area contributed by atoms with Crippen molar-refractivity contribution in [3.63, 3.8) is 0 Å². The maximum Gasteiger partial charge on any atom is 0.271 e. The number of aromatic amines is 1. The lowest BCUT2D eigenvalue weighted by Crippen LogP contribution is -2.15. The van der Waals surface area contributed by atoms with Gasteiger partial charge in [0, 0.05) is 17.7 Å². The van der Waals surface area contributed by atoms with Crippen molar-refractivity contribution in [2.75, 3.05) is 14.1 Å². The minimum Gasteiger partial charge on any atom is -0.491 e. The number of nitrogens with two attached hydrogens (primary N) is 1. The molecule has 7 nitrogen and oxygen atoms in total. The Hall–Kier alpha value is -2.41. The molecule has 0 unspecified atom stereocenters. The predicted molar refractivity (Wildman–Crippen MR) is 83.5 cm³/mol. The molecule has 0 aliphatic heterocycles. The van der Waals surface area contributed by atoms with Crippen LogP contribution < -0.4 is 10.5 Å². The maximum absolute atomic E-state index is 11.4. The van der Waals surface area contributed by atoms with Gasteiger partial charge in [0.1, 0.15) is 11.4 Å². The lowest BCUT2D eigenvalue weighted by molar-refractivity contribution is 0.0996. The van der Waals surface area contributed by atoms with Crippen LogP contribution in [0.15, 0.2) is 18.2 Å². The van der Waals surface area contributed by atoms with Gasteiger partial charge in [-0.1, -0.05) is 0 Å². The summed E-state index contributed by atoms with van der Waals surface area (Å²) in [6.45, 7) is 4.67. The molecule has 0 atom stereocenters. The fraction of sp³-hybridized carbons (Fsp3) is 0.400. The van der Waals surface area contributed by atoms with Gasteiger partial charge in [0.2, 0.25) is 0 Å². The second-order valence-corrected chi connectivity index (χ2v) is 5.61. The third-order valence-corrected chi connectivity index (χ3v) is 2.96. The van der Waals surface area contributed by atoms with Gasteiger partial charge in [-0.3, -0.25) is 4.79 Å². The molecule has 0 saturated heterocycles. The Morgan fingerprint density at radius 1 is 1.36 bits per heavy atom. The lowest BCUT2D eigenvalue weighted by Gasteiger charge is -2.18. The molecule has 0 aliphatic carbocycles. The highest BCUT2D eigenvalue weighted by atomic mass is 16.5. The Morgan fingerprint density at radius 2 is 2.09 bits per heavy atom. The first-order chi connectivity index (χ1) is 10.4. The topological polar surface area (TPSA) is 97.1 Å². The van der Waals surface area contributed by atoms with Crippen molar-refractivity contribution in [3.05, 3.63) is 29.5 Å². The van der Waals surface area contributed by atoms with E-state index < -0.39 is 5.91 Å². The Labute approximate surface area is 129 Å². The first-order valence-corrected chi connectivity index (χ1v) is 7.03. The molecule has 0 aliphatic rings. The molecule has 22 heavy (non-hydrogen) atoms. The van der Waals surface area contributed by atoms with Crippen molar-refractivity contribution in [2.24, 2.45) is 5.73 Å². The van der Waals surface area contributed by atoms with Crippen LogP contribution in [-0.4, -0.2) is 46.4 Å². The van der Waals surface area contributed by atoms with E-state index in [2.05, 4.69) is 15.4 Å². The van der Waals surface area contributed by atoms with E-state index in [9.17, 15) is 4.79 Å². The number of nitrogens with one attached hydrogen (secondary N) is 1. The summed E-state index contributed by atoms with van der Waals surface area (Å²) in [4.78, 5) is 13.4. The number of ether oxygens (including phenoxy) is 1. The number of amides is 1. The molecule has 1 aromatic heterocycles. The molecule has 3 N–H and O–H groups in total. The van der Waals surface area contributed by atoms with E-state index in [-0.39, 0.29) is 11.8 Å². The largest absolute Gasteiger partial charge is 0.491 e. The Kier molecular flexibility index (Phi) is 4.77. The molecule has 2 rings (SSSR count). The van der Waals surface area contributed by atoms with Crippen molar-refractivity contribution in [2.45, 2.75) is 26.5 Å². The molecule has 0 radical (unpaired) electrons. The lowest BCUT2D eigenvalue weighted by atomic mass is 10.0. The van der Waals surface area contributed by atoms with Gasteiger partial charge in [-0.25, -0.2) is 0 Å². The number of nitrogens with zero attached hydrogens (tertiary/aromatic N) is 3. The first kappa shape index (κ1) is 16.0. The van der Waals surface area contributed by atoms with Gasteiger partial charge in [0.25, 0.3) is 5.91 Å². The molecule has 0 spiro atoms. The highest BCUT2D eigenvalue weighted by Gasteiger charge is 2.17. The number of primary amides is 1. The molecule has 2 aromatic rings. The summed E-state index contributed by atoms with van der Waals surface area (Å²) in [7, 11) is 3.97. The molecule has 0 saturated carbocycles. The van der Waals surface area contributed by atoms with Crippen molar-refractivity contribution >= 4 is 5.91 Å². The standard InChI is InChI=1S/C15H21N5O2/c1-9(2)22-12-6-5-10(7-11(12)8-20(3)4)13-14(15(16)21)18-19-17-13/h5-7,9H,8H2,1-4H3,(H2,16,21)(H,17,18,19). The average molecular weight is 303 g/mol. The fourth-order valence-electron chi connectivity index (χ4n) is 2.16. The molecule has 7 heteroatoms. The van der Waals surface area contributed by atoms with E-state index in [1.165, 1.54) is 0 Å². The van der Waals surface area contributed by atoms with E-state index in [4.69, 9.17) is 10.5 Å². The van der Waals surface area contributed by atoms with Crippen LogP contribution in [0.2, 0.25) is 0 Å². The molecule has 118 valence electrons. The number of aromatic nitrogens is 3. The average Bonchev–Trinajstić information content (AvgIpc) is 2.89. The monoisotopic (exact) mass is 303 g/mol. The van der Waals surface area contributed by atoms with Crippen molar-refractivity contribution in [3.8, 4) is 17.0 Å². The van der Waals surface area contributed by atoms with Crippen LogP contribution >= 0.6 is 0 Å². The Morgan fingerprint density at radius 3 is 2.68 bits per heavy atom. The van der Waals surface area contributed by atoms with Gasteiger partial charge in [-0.05, 0) is 46.1 Å². The minimum atomic E-state index is -0.611. The summed E-state index contributed by atoms with van der Waals surface area (Å²) in [5.74, 6) is 0.206. The number of H-pyrrole nitrogens is 1. The van der Waals surface area contributed by atoms with Crippen LogP contribution in [0.3, 0.4) is 0 Å². The summed E-state index contributed by atoms with van der Waals surface area (Å²) >= 11 is 0. The van der Waals surface area contributed by atoms with Crippen molar-refractivity contribution in [1.82, 2.24) is 20.3 Å². The molecule has 1 heterocycles. The minimum absolute atomic E-state index is 0.0833. The van der Waals surface area contributed by atoms with Crippen molar-refractivity contribution < 1.29 is 9.53 Å². The van der Waals surface area contributed by atoms with E-state index in [1.807, 2.05) is 51.0 Å². The molecular formula is C15H21N5O2. The molecular weight excluding hydrogens is 282 g/mol. The molecule has 1 aromatic carbocycles. The number of rotatable bonds is 6. The van der Waals surface area contributed by atoms with Crippen LogP contribution in [0.5, 0.6) is 5.75 Å². The van der Waals surface area contributed by atoms with Crippen LogP contribution in [-0.2, 0) is 6.54 Å². The van der Waals surface area contributed by atoms with Crippen LogP contribution in [0, 0.1) is 0 Å². The number of benzene rings is 1. The quantitative estimate of drug-likeness (QED) is 0.841. The van der Waals surface area contributed by atoms with E-state index in [0.29, 0.717) is 12.2 Å². The van der Waals surface area contributed by atoms with Crippen LogP contribution in [0.4, 0.5) is 0 Å². The third kappa shape index (κ3) is 3.62. The number of carbonyl (C=O) groups is 1. The van der Waals surface area contributed by atoms with Crippen LogP contribution in [0.25, 0.3) is 11.3 Å². The van der Waals surface area contributed by atoms with Crippen molar-refractivity contribution in [1.29, 1.82) is 0 Å². The van der Waals surface area contributed by atoms with Crippen LogP contribution in [0.1, 0.15) is 29.9 Å². The summed E-state index contributed by atoms with van der Waals surface area (Å²) in [6, 6.07) is 5.68. The first-order valence-electron chi connectivity index (χ1n) is 7.03. The zero-order valence-corrected chi connectivity index (χ0v) is 13.3. The summed E-state index contributed by atoms with van der Waals surface area (Å²) < 4.78 is 5.83.